The molecule has 42 heavy (non-hydrogen) atoms. The Morgan fingerprint density at radius 1 is 0.833 bits per heavy atom. The number of benzene rings is 3. The normalized spacial score (nSPS) is 11.2. The summed E-state index contributed by atoms with van der Waals surface area (Å²) < 4.78 is 44.3. The van der Waals surface area contributed by atoms with Crippen molar-refractivity contribution in [2.75, 3.05) is 23.1 Å². The third-order valence-corrected chi connectivity index (χ3v) is 6.46. The van der Waals surface area contributed by atoms with Crippen LogP contribution in [0, 0.1) is 6.92 Å². The standard InChI is InChI=1S/C31H24F3N5O3/c1-18-9-10-19(29(40)37-21-6-3-5-20(16-21)31(32,33)34)15-26(18)38-30(41)25-8-4-7-24-23(25)13-14-35-28(24)39-27-12-11-22(42-2)17-36-27/h3-17H,1-2H3,(H,37,40)(H,38,41)(H,35,36,39). The summed E-state index contributed by atoms with van der Waals surface area (Å²) in [5.74, 6) is 0.617. The van der Waals surface area contributed by atoms with Gasteiger partial charge in [-0.05, 0) is 72.5 Å². The van der Waals surface area contributed by atoms with Gasteiger partial charge in [0.25, 0.3) is 11.8 Å². The molecule has 0 atom stereocenters. The molecule has 2 heterocycles. The molecule has 3 aromatic carbocycles. The fraction of sp³-hybridized carbons (Fsp3) is 0.0968. The molecular weight excluding hydrogens is 547 g/mol. The lowest BCUT2D eigenvalue weighted by Gasteiger charge is -2.14. The van der Waals surface area contributed by atoms with Gasteiger partial charge in [-0.3, -0.25) is 9.59 Å². The smallest absolute Gasteiger partial charge is 0.416 e. The van der Waals surface area contributed by atoms with E-state index in [4.69, 9.17) is 4.74 Å². The van der Waals surface area contributed by atoms with Crippen LogP contribution in [-0.4, -0.2) is 28.9 Å². The second-order valence-corrected chi connectivity index (χ2v) is 9.29. The minimum absolute atomic E-state index is 0.000367. The maximum Gasteiger partial charge on any atom is 0.416 e. The Morgan fingerprint density at radius 2 is 1.64 bits per heavy atom. The summed E-state index contributed by atoms with van der Waals surface area (Å²) in [6.45, 7) is 1.76. The van der Waals surface area contributed by atoms with E-state index in [0.717, 1.165) is 12.1 Å². The predicted octanol–water partition coefficient (Wildman–Crippen LogP) is 7.21. The zero-order valence-corrected chi connectivity index (χ0v) is 22.4. The first kappa shape index (κ1) is 28.1. The van der Waals surface area contributed by atoms with Crippen molar-refractivity contribution in [1.82, 2.24) is 9.97 Å². The van der Waals surface area contributed by atoms with E-state index < -0.39 is 23.6 Å². The molecule has 0 saturated carbocycles. The average Bonchev–Trinajstić information content (AvgIpc) is 2.98. The molecule has 0 bridgehead atoms. The SMILES string of the molecule is COc1ccc(Nc2nccc3c(C(=O)Nc4cc(C(=O)Nc5cccc(C(F)(F)F)c5)ccc4C)cccc23)nc1. The van der Waals surface area contributed by atoms with Gasteiger partial charge in [-0.15, -0.1) is 0 Å². The van der Waals surface area contributed by atoms with Crippen molar-refractivity contribution in [3.05, 3.63) is 114 Å². The molecule has 2 aromatic heterocycles. The number of aromatic nitrogens is 2. The largest absolute Gasteiger partial charge is 0.495 e. The molecular formula is C31H24F3N5O3. The van der Waals surface area contributed by atoms with Crippen LogP contribution in [0.4, 0.5) is 36.2 Å². The Hall–Kier alpha value is -5.45. The lowest BCUT2D eigenvalue weighted by atomic mass is 10.0. The second-order valence-electron chi connectivity index (χ2n) is 9.29. The number of anilines is 4. The van der Waals surface area contributed by atoms with E-state index in [9.17, 15) is 22.8 Å². The average molecular weight is 572 g/mol. The van der Waals surface area contributed by atoms with Gasteiger partial charge < -0.3 is 20.7 Å². The summed E-state index contributed by atoms with van der Waals surface area (Å²) in [6, 6.07) is 19.5. The summed E-state index contributed by atoms with van der Waals surface area (Å²) in [6.07, 6.45) is -1.39. The van der Waals surface area contributed by atoms with Gasteiger partial charge >= 0.3 is 6.18 Å². The van der Waals surface area contributed by atoms with Crippen LogP contribution in [0.3, 0.4) is 0 Å². The number of methoxy groups -OCH3 is 1. The summed E-state index contributed by atoms with van der Waals surface area (Å²) >= 11 is 0. The van der Waals surface area contributed by atoms with Crippen molar-refractivity contribution in [3.8, 4) is 5.75 Å². The Labute approximate surface area is 238 Å². The van der Waals surface area contributed by atoms with Gasteiger partial charge in [0.05, 0.1) is 18.9 Å². The van der Waals surface area contributed by atoms with Crippen molar-refractivity contribution in [3.63, 3.8) is 0 Å². The number of hydrogen-bond acceptors (Lipinski definition) is 6. The number of ether oxygens (including phenoxy) is 1. The molecule has 8 nitrogen and oxygen atoms in total. The third kappa shape index (κ3) is 6.15. The number of halogens is 3. The Bertz CT molecular complexity index is 1790. The maximum absolute atomic E-state index is 13.4. The molecule has 5 aromatic rings. The number of hydrogen-bond donors (Lipinski definition) is 3. The van der Waals surface area contributed by atoms with E-state index in [-0.39, 0.29) is 11.3 Å². The van der Waals surface area contributed by atoms with Crippen molar-refractivity contribution in [2.45, 2.75) is 13.1 Å². The first-order valence-corrected chi connectivity index (χ1v) is 12.7. The number of alkyl halides is 3. The molecule has 0 aliphatic rings. The van der Waals surface area contributed by atoms with Crippen LogP contribution < -0.4 is 20.7 Å². The Balaban J connectivity index is 1.37. The van der Waals surface area contributed by atoms with Crippen LogP contribution in [0.5, 0.6) is 5.75 Å². The van der Waals surface area contributed by atoms with E-state index in [1.54, 1.807) is 62.8 Å². The number of rotatable bonds is 7. The molecule has 0 aliphatic carbocycles. The third-order valence-electron chi connectivity index (χ3n) is 6.46. The summed E-state index contributed by atoms with van der Waals surface area (Å²) in [4.78, 5) is 35.0. The van der Waals surface area contributed by atoms with E-state index in [1.165, 1.54) is 24.3 Å². The minimum atomic E-state index is -4.54. The maximum atomic E-state index is 13.4. The summed E-state index contributed by atoms with van der Waals surface area (Å²) in [7, 11) is 1.55. The van der Waals surface area contributed by atoms with Crippen LogP contribution in [0.15, 0.2) is 91.3 Å². The minimum Gasteiger partial charge on any atom is -0.495 e. The van der Waals surface area contributed by atoms with Gasteiger partial charge in [0, 0.05) is 34.1 Å². The van der Waals surface area contributed by atoms with Gasteiger partial charge in [0.1, 0.15) is 17.4 Å². The van der Waals surface area contributed by atoms with Gasteiger partial charge in [0.2, 0.25) is 0 Å². The molecule has 0 spiro atoms. The molecule has 3 N–H and O–H groups in total. The first-order chi connectivity index (χ1) is 20.1. The molecule has 0 saturated heterocycles. The van der Waals surface area contributed by atoms with E-state index in [1.807, 2.05) is 6.07 Å². The van der Waals surface area contributed by atoms with Crippen LogP contribution in [-0.2, 0) is 6.18 Å². The predicted molar refractivity (Wildman–Crippen MR) is 154 cm³/mol. The highest BCUT2D eigenvalue weighted by Gasteiger charge is 2.30. The monoisotopic (exact) mass is 571 g/mol. The highest BCUT2D eigenvalue weighted by atomic mass is 19.4. The van der Waals surface area contributed by atoms with E-state index in [0.29, 0.717) is 45.0 Å². The van der Waals surface area contributed by atoms with Gasteiger partial charge in [0.15, 0.2) is 0 Å². The van der Waals surface area contributed by atoms with Crippen molar-refractivity contribution >= 4 is 45.6 Å². The molecule has 11 heteroatoms. The van der Waals surface area contributed by atoms with Crippen LogP contribution in [0.2, 0.25) is 0 Å². The number of carbonyl (C=O) groups excluding carboxylic acids is 2. The topological polar surface area (TPSA) is 105 Å². The number of nitrogens with one attached hydrogen (secondary N) is 3. The Kier molecular flexibility index (Phi) is 7.74. The van der Waals surface area contributed by atoms with Gasteiger partial charge in [-0.2, -0.15) is 13.2 Å². The van der Waals surface area contributed by atoms with Gasteiger partial charge in [-0.1, -0.05) is 24.3 Å². The molecule has 2 amide bonds. The summed E-state index contributed by atoms with van der Waals surface area (Å²) in [5.41, 5.74) is 0.728. The van der Waals surface area contributed by atoms with E-state index >= 15 is 0 Å². The molecule has 0 radical (unpaired) electrons. The second kappa shape index (κ2) is 11.6. The molecule has 0 unspecified atom stereocenters. The van der Waals surface area contributed by atoms with Crippen molar-refractivity contribution in [1.29, 1.82) is 0 Å². The fourth-order valence-corrected chi connectivity index (χ4v) is 4.27. The lowest BCUT2D eigenvalue weighted by Crippen LogP contribution is -2.16. The number of nitrogens with zero attached hydrogens (tertiary/aromatic N) is 2. The quantitative estimate of drug-likeness (QED) is 0.191. The highest BCUT2D eigenvalue weighted by molar-refractivity contribution is 6.15. The number of aryl methyl sites for hydroxylation is 1. The van der Waals surface area contributed by atoms with Crippen LogP contribution in [0.1, 0.15) is 31.8 Å². The molecule has 212 valence electrons. The summed E-state index contributed by atoms with van der Waals surface area (Å²) in [5, 5.41) is 9.82. The molecule has 0 fully saturated rings. The number of amides is 2. The zero-order valence-electron chi connectivity index (χ0n) is 22.4. The molecule has 0 aliphatic heterocycles. The number of pyridine rings is 2. The zero-order chi connectivity index (χ0) is 29.9. The lowest BCUT2D eigenvalue weighted by molar-refractivity contribution is -0.137. The van der Waals surface area contributed by atoms with Crippen molar-refractivity contribution in [2.24, 2.45) is 0 Å². The fourth-order valence-electron chi connectivity index (χ4n) is 4.27. The van der Waals surface area contributed by atoms with E-state index in [2.05, 4.69) is 25.9 Å². The molecule has 5 rings (SSSR count). The van der Waals surface area contributed by atoms with Crippen LogP contribution >= 0.6 is 0 Å². The number of fused-ring (bicyclic) bond motifs is 1. The van der Waals surface area contributed by atoms with Gasteiger partial charge in [-0.25, -0.2) is 9.97 Å². The first-order valence-electron chi connectivity index (χ1n) is 12.7. The van der Waals surface area contributed by atoms with Crippen molar-refractivity contribution < 1.29 is 27.5 Å². The Morgan fingerprint density at radius 3 is 2.38 bits per heavy atom. The van der Waals surface area contributed by atoms with Crippen LogP contribution in [0.25, 0.3) is 10.8 Å². The highest BCUT2D eigenvalue weighted by Crippen LogP contribution is 2.31. The number of carbonyl (C=O) groups is 2.